The number of pyridine rings is 2. The lowest BCUT2D eigenvalue weighted by Gasteiger charge is -2.07. The number of aliphatic hydroxyl groups is 1. The van der Waals surface area contributed by atoms with Crippen molar-refractivity contribution in [1.82, 2.24) is 9.97 Å². The first-order valence-corrected chi connectivity index (χ1v) is 8.83. The second kappa shape index (κ2) is 10.4. The molecule has 0 aliphatic heterocycles. The van der Waals surface area contributed by atoms with Crippen molar-refractivity contribution in [2.24, 2.45) is 10.3 Å². The Bertz CT molecular complexity index is 819. The molecule has 0 bridgehead atoms. The van der Waals surface area contributed by atoms with E-state index in [1.54, 1.807) is 6.07 Å². The SMILES string of the molecule is CO/N=C(\C)c1cc(CO)cc(CCCO/N=C(\C)c2cccc(C)n2)n1. The Hall–Kier alpha value is -2.80. The zero-order valence-corrected chi connectivity index (χ0v) is 16.3. The molecule has 7 nitrogen and oxygen atoms in total. The van der Waals surface area contributed by atoms with E-state index >= 15 is 0 Å². The molecule has 0 saturated heterocycles. The van der Waals surface area contributed by atoms with Gasteiger partial charge in [-0.2, -0.15) is 0 Å². The summed E-state index contributed by atoms with van der Waals surface area (Å²) in [5, 5.41) is 17.5. The minimum Gasteiger partial charge on any atom is -0.399 e. The van der Waals surface area contributed by atoms with Gasteiger partial charge in [-0.3, -0.25) is 9.97 Å². The number of hydrogen-bond donors (Lipinski definition) is 1. The zero-order valence-electron chi connectivity index (χ0n) is 16.3. The molecule has 144 valence electrons. The molecule has 0 aliphatic carbocycles. The number of aromatic nitrogens is 2. The van der Waals surface area contributed by atoms with Gasteiger partial charge in [0.05, 0.1) is 18.0 Å². The third kappa shape index (κ3) is 6.45. The molecule has 0 unspecified atom stereocenters. The summed E-state index contributed by atoms with van der Waals surface area (Å²) in [6.07, 6.45) is 1.46. The Kier molecular flexibility index (Phi) is 7.88. The monoisotopic (exact) mass is 370 g/mol. The Morgan fingerprint density at radius 3 is 2.56 bits per heavy atom. The topological polar surface area (TPSA) is 89.2 Å². The molecule has 2 aromatic heterocycles. The number of aryl methyl sites for hydroxylation is 2. The maximum absolute atomic E-state index is 9.45. The van der Waals surface area contributed by atoms with Gasteiger partial charge in [0, 0.05) is 11.4 Å². The summed E-state index contributed by atoms with van der Waals surface area (Å²) in [4.78, 5) is 19.2. The highest BCUT2D eigenvalue weighted by molar-refractivity contribution is 5.97. The fraction of sp³-hybridized carbons (Fsp3) is 0.400. The van der Waals surface area contributed by atoms with Gasteiger partial charge >= 0.3 is 0 Å². The summed E-state index contributed by atoms with van der Waals surface area (Å²) >= 11 is 0. The molecule has 2 heterocycles. The van der Waals surface area contributed by atoms with Gasteiger partial charge < -0.3 is 14.8 Å². The smallest absolute Gasteiger partial charge is 0.117 e. The molecular formula is C20H26N4O3. The van der Waals surface area contributed by atoms with Gasteiger partial charge in [-0.15, -0.1) is 0 Å². The van der Waals surface area contributed by atoms with Gasteiger partial charge in [-0.05, 0) is 63.4 Å². The summed E-state index contributed by atoms with van der Waals surface area (Å²) in [6, 6.07) is 9.49. The quantitative estimate of drug-likeness (QED) is 0.416. The average molecular weight is 370 g/mol. The summed E-state index contributed by atoms with van der Waals surface area (Å²) in [5.41, 5.74) is 5.51. The summed E-state index contributed by atoms with van der Waals surface area (Å²) in [5.74, 6) is 0. The first-order valence-electron chi connectivity index (χ1n) is 8.83. The lowest BCUT2D eigenvalue weighted by atomic mass is 10.1. The van der Waals surface area contributed by atoms with E-state index in [9.17, 15) is 5.11 Å². The second-order valence-electron chi connectivity index (χ2n) is 6.15. The number of aliphatic hydroxyl groups excluding tert-OH is 1. The van der Waals surface area contributed by atoms with Crippen molar-refractivity contribution in [3.05, 3.63) is 58.7 Å². The molecule has 2 aromatic rings. The van der Waals surface area contributed by atoms with E-state index < -0.39 is 0 Å². The van der Waals surface area contributed by atoms with E-state index in [-0.39, 0.29) is 6.61 Å². The first kappa shape index (κ1) is 20.5. The fourth-order valence-electron chi connectivity index (χ4n) is 2.49. The molecule has 0 spiro atoms. The molecule has 0 aliphatic rings. The third-order valence-corrected chi connectivity index (χ3v) is 3.85. The number of rotatable bonds is 9. The first-order chi connectivity index (χ1) is 13.0. The standard InChI is InChI=1S/C20H26N4O3/c1-14-7-5-9-19(21-14)15(2)24-27-10-6-8-18-11-17(13-25)12-20(22-18)16(3)23-26-4/h5,7,9,11-12,25H,6,8,10,13H2,1-4H3/b23-16+,24-15+. The maximum Gasteiger partial charge on any atom is 0.117 e. The molecular weight excluding hydrogens is 344 g/mol. The minimum absolute atomic E-state index is 0.0493. The highest BCUT2D eigenvalue weighted by Crippen LogP contribution is 2.10. The van der Waals surface area contributed by atoms with Crippen LogP contribution in [0.25, 0.3) is 0 Å². The second-order valence-corrected chi connectivity index (χ2v) is 6.15. The highest BCUT2D eigenvalue weighted by Gasteiger charge is 2.06. The molecule has 0 aromatic carbocycles. The Labute approximate surface area is 159 Å². The lowest BCUT2D eigenvalue weighted by Crippen LogP contribution is -2.06. The van der Waals surface area contributed by atoms with E-state index in [1.165, 1.54) is 7.11 Å². The van der Waals surface area contributed by atoms with Crippen LogP contribution in [0.3, 0.4) is 0 Å². The van der Waals surface area contributed by atoms with Crippen molar-refractivity contribution in [2.75, 3.05) is 13.7 Å². The van der Waals surface area contributed by atoms with Crippen LogP contribution in [0.1, 0.15) is 48.6 Å². The highest BCUT2D eigenvalue weighted by atomic mass is 16.6. The van der Waals surface area contributed by atoms with Crippen LogP contribution in [0, 0.1) is 6.92 Å². The molecule has 0 saturated carbocycles. The van der Waals surface area contributed by atoms with Gasteiger partial charge in [0.2, 0.25) is 0 Å². The van der Waals surface area contributed by atoms with Crippen molar-refractivity contribution in [3.63, 3.8) is 0 Å². The summed E-state index contributed by atoms with van der Waals surface area (Å²) in [7, 11) is 1.49. The van der Waals surface area contributed by atoms with E-state index in [2.05, 4.69) is 20.3 Å². The van der Waals surface area contributed by atoms with Crippen molar-refractivity contribution in [3.8, 4) is 0 Å². The fourth-order valence-corrected chi connectivity index (χ4v) is 2.49. The number of nitrogens with zero attached hydrogens (tertiary/aromatic N) is 4. The predicted molar refractivity (Wildman–Crippen MR) is 105 cm³/mol. The maximum atomic E-state index is 9.45. The van der Waals surface area contributed by atoms with Crippen LogP contribution in [0.2, 0.25) is 0 Å². The predicted octanol–water partition coefficient (Wildman–Crippen LogP) is 3.02. The van der Waals surface area contributed by atoms with Crippen LogP contribution < -0.4 is 0 Å². The Balaban J connectivity index is 1.92. The van der Waals surface area contributed by atoms with Crippen molar-refractivity contribution >= 4 is 11.4 Å². The van der Waals surface area contributed by atoms with Gasteiger partial charge in [0.1, 0.15) is 25.1 Å². The van der Waals surface area contributed by atoms with Crippen LogP contribution in [0.15, 0.2) is 40.6 Å². The molecule has 0 atom stereocenters. The van der Waals surface area contributed by atoms with E-state index in [0.29, 0.717) is 24.4 Å². The minimum atomic E-state index is -0.0493. The van der Waals surface area contributed by atoms with Crippen LogP contribution in [-0.2, 0) is 22.7 Å². The average Bonchev–Trinajstić information content (AvgIpc) is 2.67. The van der Waals surface area contributed by atoms with E-state index in [4.69, 9.17) is 9.68 Å². The van der Waals surface area contributed by atoms with Crippen molar-refractivity contribution in [1.29, 1.82) is 0 Å². The van der Waals surface area contributed by atoms with Crippen LogP contribution in [-0.4, -0.2) is 40.2 Å². The van der Waals surface area contributed by atoms with Crippen LogP contribution in [0.5, 0.6) is 0 Å². The van der Waals surface area contributed by atoms with Gasteiger partial charge in [-0.1, -0.05) is 16.4 Å². The summed E-state index contributed by atoms with van der Waals surface area (Å²) in [6.45, 7) is 6.05. The molecule has 0 fully saturated rings. The number of hydrogen-bond acceptors (Lipinski definition) is 7. The summed E-state index contributed by atoms with van der Waals surface area (Å²) < 4.78 is 0. The molecule has 0 amide bonds. The third-order valence-electron chi connectivity index (χ3n) is 3.85. The molecule has 0 radical (unpaired) electrons. The van der Waals surface area contributed by atoms with E-state index in [1.807, 2.05) is 45.0 Å². The molecule has 2 rings (SSSR count). The molecule has 1 N–H and O–H groups in total. The largest absolute Gasteiger partial charge is 0.399 e. The lowest BCUT2D eigenvalue weighted by molar-refractivity contribution is 0.141. The van der Waals surface area contributed by atoms with Crippen LogP contribution >= 0.6 is 0 Å². The zero-order chi connectivity index (χ0) is 19.6. The number of oxime groups is 2. The van der Waals surface area contributed by atoms with Crippen LogP contribution in [0.4, 0.5) is 0 Å². The van der Waals surface area contributed by atoms with Crippen molar-refractivity contribution < 1.29 is 14.8 Å². The molecule has 7 heteroatoms. The van der Waals surface area contributed by atoms with Crippen molar-refractivity contribution in [2.45, 2.75) is 40.2 Å². The molecule has 27 heavy (non-hydrogen) atoms. The van der Waals surface area contributed by atoms with Gasteiger partial charge in [-0.25, -0.2) is 0 Å². The normalized spacial score (nSPS) is 12.2. The Morgan fingerprint density at radius 2 is 1.85 bits per heavy atom. The Morgan fingerprint density at radius 1 is 1.07 bits per heavy atom. The van der Waals surface area contributed by atoms with Gasteiger partial charge in [0.15, 0.2) is 0 Å². The van der Waals surface area contributed by atoms with E-state index in [0.717, 1.165) is 34.8 Å². The van der Waals surface area contributed by atoms with Gasteiger partial charge in [0.25, 0.3) is 0 Å².